The molecule has 3 heteroatoms. The van der Waals surface area contributed by atoms with Gasteiger partial charge in [0.2, 0.25) is 0 Å². The zero-order valence-electron chi connectivity index (χ0n) is 16.0. The predicted octanol–water partition coefficient (Wildman–Crippen LogP) is 4.60. The molecule has 0 amide bonds. The van der Waals surface area contributed by atoms with Crippen molar-refractivity contribution in [1.82, 2.24) is 4.90 Å². The number of ether oxygens (including phenoxy) is 1. The van der Waals surface area contributed by atoms with E-state index in [2.05, 4.69) is 77.7 Å². The first-order valence-electron chi connectivity index (χ1n) is 9.88. The zero-order chi connectivity index (χ0) is 19.1. The average Bonchev–Trinajstić information content (AvgIpc) is 3.36. The number of carbonyl (C=O) groups is 1. The maximum Gasteiger partial charge on any atom is 0.323 e. The van der Waals surface area contributed by atoms with Crippen molar-refractivity contribution in [2.24, 2.45) is 0 Å². The minimum absolute atomic E-state index is 0.144. The molecule has 1 aliphatic carbocycles. The van der Waals surface area contributed by atoms with Gasteiger partial charge >= 0.3 is 5.97 Å². The number of benzene rings is 3. The third-order valence-corrected chi connectivity index (χ3v) is 6.27. The van der Waals surface area contributed by atoms with Crippen molar-refractivity contribution in [3.05, 3.63) is 95.6 Å². The van der Waals surface area contributed by atoms with Crippen LogP contribution in [0.3, 0.4) is 0 Å². The van der Waals surface area contributed by atoms with Crippen LogP contribution in [0.25, 0.3) is 11.1 Å². The summed E-state index contributed by atoms with van der Waals surface area (Å²) in [5.41, 5.74) is 5.71. The van der Waals surface area contributed by atoms with Gasteiger partial charge in [0.1, 0.15) is 6.04 Å². The molecule has 3 aromatic carbocycles. The fourth-order valence-corrected chi connectivity index (χ4v) is 5.23. The molecule has 28 heavy (non-hydrogen) atoms. The summed E-state index contributed by atoms with van der Waals surface area (Å²) in [4.78, 5) is 15.1. The summed E-state index contributed by atoms with van der Waals surface area (Å²) in [6.07, 6.45) is 1.81. The van der Waals surface area contributed by atoms with E-state index in [1.54, 1.807) is 0 Å². The molecule has 140 valence electrons. The smallest absolute Gasteiger partial charge is 0.323 e. The maximum absolute atomic E-state index is 12.7. The SMILES string of the molecule is COC(=O)[C@@H]1CCCN1C1(c2ccccc2)c2ccccc2-c2ccccc21. The van der Waals surface area contributed by atoms with E-state index < -0.39 is 5.54 Å². The van der Waals surface area contributed by atoms with Crippen LogP contribution in [0.1, 0.15) is 29.5 Å². The number of hydrogen-bond donors (Lipinski definition) is 0. The fraction of sp³-hybridized carbons (Fsp3) is 0.240. The van der Waals surface area contributed by atoms with Gasteiger partial charge in [-0.15, -0.1) is 0 Å². The molecule has 3 aromatic rings. The molecule has 3 nitrogen and oxygen atoms in total. The summed E-state index contributed by atoms with van der Waals surface area (Å²) in [6, 6.07) is 27.6. The molecule has 2 aliphatic rings. The molecule has 0 spiro atoms. The van der Waals surface area contributed by atoms with Gasteiger partial charge in [0.15, 0.2) is 0 Å². The molecule has 5 rings (SSSR count). The Labute approximate surface area is 165 Å². The zero-order valence-corrected chi connectivity index (χ0v) is 16.0. The second-order valence-electron chi connectivity index (χ2n) is 7.54. The van der Waals surface area contributed by atoms with Crippen molar-refractivity contribution in [3.8, 4) is 11.1 Å². The van der Waals surface area contributed by atoms with Crippen LogP contribution in [0, 0.1) is 0 Å². The number of esters is 1. The van der Waals surface area contributed by atoms with Crippen LogP contribution in [0.15, 0.2) is 78.9 Å². The number of carbonyl (C=O) groups excluding carboxylic acids is 1. The normalized spacial score (nSPS) is 19.8. The first-order chi connectivity index (χ1) is 13.8. The lowest BCUT2D eigenvalue weighted by Gasteiger charge is -2.43. The highest BCUT2D eigenvalue weighted by Crippen LogP contribution is 2.55. The van der Waals surface area contributed by atoms with Crippen LogP contribution in [0.2, 0.25) is 0 Å². The van der Waals surface area contributed by atoms with Crippen LogP contribution in [-0.4, -0.2) is 30.6 Å². The first-order valence-corrected chi connectivity index (χ1v) is 9.88. The monoisotopic (exact) mass is 369 g/mol. The summed E-state index contributed by atoms with van der Waals surface area (Å²) < 4.78 is 5.20. The molecule has 0 bridgehead atoms. The van der Waals surface area contributed by atoms with Gasteiger partial charge in [0.25, 0.3) is 0 Å². The number of methoxy groups -OCH3 is 1. The van der Waals surface area contributed by atoms with Crippen molar-refractivity contribution in [1.29, 1.82) is 0 Å². The van der Waals surface area contributed by atoms with Crippen molar-refractivity contribution in [3.63, 3.8) is 0 Å². The number of hydrogen-bond acceptors (Lipinski definition) is 3. The molecule has 1 atom stereocenters. The van der Waals surface area contributed by atoms with E-state index in [-0.39, 0.29) is 12.0 Å². The van der Waals surface area contributed by atoms with E-state index >= 15 is 0 Å². The lowest BCUT2D eigenvalue weighted by molar-refractivity contribution is -0.147. The average molecular weight is 369 g/mol. The van der Waals surface area contributed by atoms with Gasteiger partial charge < -0.3 is 4.74 Å². The van der Waals surface area contributed by atoms with Gasteiger partial charge in [-0.1, -0.05) is 78.9 Å². The molecule has 1 aliphatic heterocycles. The van der Waals surface area contributed by atoms with Gasteiger partial charge in [-0.2, -0.15) is 0 Å². The highest BCUT2D eigenvalue weighted by Gasteiger charge is 2.53. The van der Waals surface area contributed by atoms with E-state index in [4.69, 9.17) is 4.74 Å². The van der Waals surface area contributed by atoms with Crippen LogP contribution in [0.4, 0.5) is 0 Å². The van der Waals surface area contributed by atoms with E-state index in [0.29, 0.717) is 0 Å². The van der Waals surface area contributed by atoms with Gasteiger partial charge in [-0.05, 0) is 40.7 Å². The molecular formula is C25H23NO2. The third-order valence-electron chi connectivity index (χ3n) is 6.27. The first kappa shape index (κ1) is 17.2. The van der Waals surface area contributed by atoms with Crippen molar-refractivity contribution in [2.75, 3.05) is 13.7 Å². The van der Waals surface area contributed by atoms with Crippen LogP contribution < -0.4 is 0 Å². The summed E-state index contributed by atoms with van der Waals surface area (Å²) in [6.45, 7) is 0.858. The Kier molecular flexibility index (Phi) is 4.06. The van der Waals surface area contributed by atoms with E-state index in [0.717, 1.165) is 19.4 Å². The van der Waals surface area contributed by atoms with Gasteiger partial charge in [0.05, 0.1) is 12.6 Å². The summed E-state index contributed by atoms with van der Waals surface area (Å²) in [7, 11) is 1.49. The largest absolute Gasteiger partial charge is 0.468 e. The Morgan fingerprint density at radius 2 is 1.46 bits per heavy atom. The molecule has 1 heterocycles. The molecule has 0 radical (unpaired) electrons. The van der Waals surface area contributed by atoms with Crippen molar-refractivity contribution < 1.29 is 9.53 Å². The maximum atomic E-state index is 12.7. The second kappa shape index (κ2) is 6.61. The van der Waals surface area contributed by atoms with E-state index in [1.807, 2.05) is 6.07 Å². The molecule has 0 unspecified atom stereocenters. The van der Waals surface area contributed by atoms with E-state index in [9.17, 15) is 4.79 Å². The second-order valence-corrected chi connectivity index (χ2v) is 7.54. The number of likely N-dealkylation sites (tertiary alicyclic amines) is 1. The molecule has 0 aromatic heterocycles. The van der Waals surface area contributed by atoms with Crippen LogP contribution in [-0.2, 0) is 15.1 Å². The topological polar surface area (TPSA) is 29.5 Å². The highest BCUT2D eigenvalue weighted by molar-refractivity contribution is 5.84. The minimum atomic E-state index is -0.482. The quantitative estimate of drug-likeness (QED) is 0.632. The fourth-order valence-electron chi connectivity index (χ4n) is 5.23. The Morgan fingerprint density at radius 1 is 0.893 bits per heavy atom. The standard InChI is InChI=1S/C25H23NO2/c1-28-24(27)23-16-9-17-26(23)25(18-10-3-2-4-11-18)21-14-7-5-12-19(21)20-13-6-8-15-22(20)25/h2-8,10-15,23H,9,16-17H2,1H3/t23-/m0/s1. The highest BCUT2D eigenvalue weighted by atomic mass is 16.5. The summed E-state index contributed by atoms with van der Waals surface area (Å²) >= 11 is 0. The van der Waals surface area contributed by atoms with Gasteiger partial charge in [-0.25, -0.2) is 0 Å². The predicted molar refractivity (Wildman–Crippen MR) is 110 cm³/mol. The summed E-state index contributed by atoms with van der Waals surface area (Å²) in [5.74, 6) is -0.144. The number of rotatable bonds is 3. The lowest BCUT2D eigenvalue weighted by Crippen LogP contribution is -2.52. The third kappa shape index (κ3) is 2.23. The molecule has 0 saturated carbocycles. The molecular weight excluding hydrogens is 346 g/mol. The van der Waals surface area contributed by atoms with Crippen LogP contribution in [0.5, 0.6) is 0 Å². The molecule has 1 saturated heterocycles. The lowest BCUT2D eigenvalue weighted by atomic mass is 9.78. The molecule has 1 fully saturated rings. The van der Waals surface area contributed by atoms with Crippen molar-refractivity contribution in [2.45, 2.75) is 24.4 Å². The minimum Gasteiger partial charge on any atom is -0.468 e. The van der Waals surface area contributed by atoms with Gasteiger partial charge in [-0.3, -0.25) is 9.69 Å². The van der Waals surface area contributed by atoms with Crippen LogP contribution >= 0.6 is 0 Å². The summed E-state index contributed by atoms with van der Waals surface area (Å²) in [5, 5.41) is 0. The van der Waals surface area contributed by atoms with Gasteiger partial charge in [0, 0.05) is 6.54 Å². The van der Waals surface area contributed by atoms with Crippen molar-refractivity contribution >= 4 is 5.97 Å². The number of nitrogens with zero attached hydrogens (tertiary/aromatic N) is 1. The Balaban J connectivity index is 1.86. The molecule has 0 N–H and O–H groups in total. The van der Waals surface area contributed by atoms with E-state index in [1.165, 1.54) is 34.9 Å². The Bertz CT molecular complexity index is 982. The number of fused-ring (bicyclic) bond motifs is 3. The Morgan fingerprint density at radius 3 is 2.07 bits per heavy atom. The Hall–Kier alpha value is -2.91.